The number of hydrogen-bond acceptors (Lipinski definition) is 4. The third-order valence-corrected chi connectivity index (χ3v) is 5.85. The van der Waals surface area contributed by atoms with Gasteiger partial charge in [0.05, 0.1) is 4.91 Å². The van der Waals surface area contributed by atoms with E-state index in [9.17, 15) is 9.59 Å². The number of carbonyl (C=O) groups is 2. The van der Waals surface area contributed by atoms with Crippen molar-refractivity contribution in [1.82, 2.24) is 4.90 Å². The van der Waals surface area contributed by atoms with Gasteiger partial charge in [-0.3, -0.25) is 14.5 Å². The van der Waals surface area contributed by atoms with Gasteiger partial charge in [-0.2, -0.15) is 0 Å². The second-order valence-electron chi connectivity index (χ2n) is 6.82. The Labute approximate surface area is 175 Å². The smallest absolute Gasteiger partial charge is 0.266 e. The number of nitrogens with one attached hydrogen (secondary N) is 1. The third kappa shape index (κ3) is 4.69. The van der Waals surface area contributed by atoms with Crippen LogP contribution in [0, 0.1) is 20.8 Å². The molecule has 6 heteroatoms. The second-order valence-corrected chi connectivity index (χ2v) is 8.49. The quantitative estimate of drug-likeness (QED) is 0.566. The highest BCUT2D eigenvalue weighted by molar-refractivity contribution is 8.26. The molecule has 0 aromatic heterocycles. The maximum absolute atomic E-state index is 12.7. The topological polar surface area (TPSA) is 49.4 Å². The molecular weight excluding hydrogens is 388 g/mol. The average Bonchev–Trinajstić information content (AvgIpc) is 2.90. The molecule has 0 aliphatic carbocycles. The van der Waals surface area contributed by atoms with Crippen LogP contribution in [0.1, 0.15) is 28.7 Å². The van der Waals surface area contributed by atoms with Gasteiger partial charge in [-0.1, -0.05) is 72.0 Å². The molecule has 1 aliphatic heterocycles. The molecule has 1 N–H and O–H groups in total. The van der Waals surface area contributed by atoms with E-state index in [1.165, 1.54) is 16.7 Å². The summed E-state index contributed by atoms with van der Waals surface area (Å²) >= 11 is 6.62. The fourth-order valence-corrected chi connectivity index (χ4v) is 4.49. The highest BCUT2D eigenvalue weighted by atomic mass is 32.2. The molecule has 1 heterocycles. The molecule has 0 saturated carbocycles. The van der Waals surface area contributed by atoms with Gasteiger partial charge < -0.3 is 5.32 Å². The number of carbonyl (C=O) groups excluding carboxylic acids is 2. The minimum absolute atomic E-state index is 0.129. The fourth-order valence-electron chi connectivity index (χ4n) is 3.19. The summed E-state index contributed by atoms with van der Waals surface area (Å²) in [7, 11) is 0. The number of hydrogen-bond donors (Lipinski definition) is 1. The van der Waals surface area contributed by atoms with Gasteiger partial charge in [0.1, 0.15) is 4.32 Å². The Morgan fingerprint density at radius 3 is 2.43 bits per heavy atom. The number of thioether (sulfide) groups is 1. The molecule has 0 atom stereocenters. The maximum atomic E-state index is 12.7. The SMILES string of the molecule is Cc1cc(C)c(NC(=O)CCN2C(=O)C(=Cc3ccccc3)SC2=S)c(C)c1. The standard InChI is InChI=1S/C22H22N2O2S2/c1-14-11-15(2)20(16(3)12-14)23-19(25)9-10-24-21(26)18(28-22(24)27)13-17-7-5-4-6-8-17/h4-8,11-13H,9-10H2,1-3H3,(H,23,25). The van der Waals surface area contributed by atoms with Gasteiger partial charge >= 0.3 is 0 Å². The van der Waals surface area contributed by atoms with E-state index in [0.29, 0.717) is 9.23 Å². The summed E-state index contributed by atoms with van der Waals surface area (Å²) in [6.45, 7) is 6.26. The first kappa shape index (κ1) is 20.3. The molecule has 0 bridgehead atoms. The van der Waals surface area contributed by atoms with Gasteiger partial charge in [-0.25, -0.2) is 0 Å². The molecule has 2 aromatic rings. The van der Waals surface area contributed by atoms with Crippen molar-refractivity contribution < 1.29 is 9.59 Å². The van der Waals surface area contributed by atoms with E-state index in [-0.39, 0.29) is 24.8 Å². The molecule has 1 saturated heterocycles. The van der Waals surface area contributed by atoms with Crippen LogP contribution in [-0.4, -0.2) is 27.6 Å². The predicted octanol–water partition coefficient (Wildman–Crippen LogP) is 4.84. The van der Waals surface area contributed by atoms with Crippen molar-refractivity contribution in [2.75, 3.05) is 11.9 Å². The van der Waals surface area contributed by atoms with E-state index in [4.69, 9.17) is 12.2 Å². The number of thiocarbonyl (C=S) groups is 1. The van der Waals surface area contributed by atoms with Crippen LogP contribution in [-0.2, 0) is 9.59 Å². The summed E-state index contributed by atoms with van der Waals surface area (Å²) in [6.07, 6.45) is 2.02. The average molecular weight is 411 g/mol. The maximum Gasteiger partial charge on any atom is 0.266 e. The van der Waals surface area contributed by atoms with Crippen LogP contribution >= 0.6 is 24.0 Å². The molecule has 0 unspecified atom stereocenters. The second kappa shape index (κ2) is 8.71. The van der Waals surface area contributed by atoms with Gasteiger partial charge in [-0.15, -0.1) is 0 Å². The summed E-state index contributed by atoms with van der Waals surface area (Å²) < 4.78 is 0.489. The van der Waals surface area contributed by atoms with Gasteiger partial charge in [0, 0.05) is 18.7 Å². The van der Waals surface area contributed by atoms with Crippen molar-refractivity contribution in [3.63, 3.8) is 0 Å². The first-order chi connectivity index (χ1) is 13.3. The molecule has 0 radical (unpaired) electrons. The van der Waals surface area contributed by atoms with Crippen LogP contribution in [0.5, 0.6) is 0 Å². The number of rotatable bonds is 5. The lowest BCUT2D eigenvalue weighted by Crippen LogP contribution is -2.31. The van der Waals surface area contributed by atoms with Gasteiger partial charge in [0.15, 0.2) is 0 Å². The van der Waals surface area contributed by atoms with Crippen LogP contribution < -0.4 is 5.32 Å². The zero-order valence-corrected chi connectivity index (χ0v) is 17.7. The molecular formula is C22H22N2O2S2. The Morgan fingerprint density at radius 2 is 1.79 bits per heavy atom. The molecule has 2 aromatic carbocycles. The van der Waals surface area contributed by atoms with Crippen LogP contribution in [0.4, 0.5) is 5.69 Å². The van der Waals surface area contributed by atoms with Crippen LogP contribution in [0.3, 0.4) is 0 Å². The zero-order chi connectivity index (χ0) is 20.3. The lowest BCUT2D eigenvalue weighted by molar-refractivity contribution is -0.122. The molecule has 1 aliphatic rings. The Hall–Kier alpha value is -2.44. The van der Waals surface area contributed by atoms with E-state index in [1.807, 2.05) is 69.3 Å². The number of anilines is 1. The molecule has 3 rings (SSSR count). The monoisotopic (exact) mass is 410 g/mol. The van der Waals surface area contributed by atoms with Crippen LogP contribution in [0.15, 0.2) is 47.4 Å². The minimum atomic E-state index is -0.144. The normalized spacial score (nSPS) is 15.4. The van der Waals surface area contributed by atoms with Gasteiger partial charge in [-0.05, 0) is 43.5 Å². The number of benzene rings is 2. The van der Waals surface area contributed by atoms with Crippen molar-refractivity contribution in [3.05, 3.63) is 69.6 Å². The van der Waals surface area contributed by atoms with E-state index < -0.39 is 0 Å². The zero-order valence-electron chi connectivity index (χ0n) is 16.1. The summed E-state index contributed by atoms with van der Waals surface area (Å²) in [5.41, 5.74) is 5.01. The Balaban J connectivity index is 1.63. The van der Waals surface area contributed by atoms with E-state index >= 15 is 0 Å². The van der Waals surface area contributed by atoms with E-state index in [1.54, 1.807) is 0 Å². The summed E-state index contributed by atoms with van der Waals surface area (Å²) in [4.78, 5) is 27.2. The van der Waals surface area contributed by atoms with Crippen molar-refractivity contribution in [3.8, 4) is 0 Å². The largest absolute Gasteiger partial charge is 0.326 e. The number of nitrogens with zero attached hydrogens (tertiary/aromatic N) is 1. The third-order valence-electron chi connectivity index (χ3n) is 4.47. The molecule has 4 nitrogen and oxygen atoms in total. The van der Waals surface area contributed by atoms with Crippen molar-refractivity contribution >= 4 is 51.9 Å². The predicted molar refractivity (Wildman–Crippen MR) is 120 cm³/mol. The first-order valence-electron chi connectivity index (χ1n) is 9.03. The molecule has 1 fully saturated rings. The first-order valence-corrected chi connectivity index (χ1v) is 10.3. The molecule has 28 heavy (non-hydrogen) atoms. The van der Waals surface area contributed by atoms with Crippen LogP contribution in [0.25, 0.3) is 6.08 Å². The Kier molecular flexibility index (Phi) is 6.31. The Morgan fingerprint density at radius 1 is 1.14 bits per heavy atom. The van der Waals surface area contributed by atoms with Gasteiger partial charge in [0.25, 0.3) is 5.91 Å². The van der Waals surface area contributed by atoms with Gasteiger partial charge in [0.2, 0.25) is 5.91 Å². The highest BCUT2D eigenvalue weighted by Gasteiger charge is 2.32. The van der Waals surface area contributed by atoms with E-state index in [2.05, 4.69) is 5.32 Å². The summed E-state index contributed by atoms with van der Waals surface area (Å²) in [5, 5.41) is 2.97. The molecule has 0 spiro atoms. The van der Waals surface area contributed by atoms with Crippen LogP contribution in [0.2, 0.25) is 0 Å². The fraction of sp³-hybridized carbons (Fsp3) is 0.227. The number of aryl methyl sites for hydroxylation is 3. The minimum Gasteiger partial charge on any atom is -0.326 e. The van der Waals surface area contributed by atoms with Crippen molar-refractivity contribution in [2.24, 2.45) is 0 Å². The summed E-state index contributed by atoms with van der Waals surface area (Å²) in [6, 6.07) is 13.7. The van der Waals surface area contributed by atoms with Crippen molar-refractivity contribution in [1.29, 1.82) is 0 Å². The molecule has 2 amide bonds. The number of amides is 2. The lowest BCUT2D eigenvalue weighted by Gasteiger charge is -2.16. The van der Waals surface area contributed by atoms with E-state index in [0.717, 1.165) is 27.9 Å². The lowest BCUT2D eigenvalue weighted by atomic mass is 10.1. The highest BCUT2D eigenvalue weighted by Crippen LogP contribution is 2.32. The van der Waals surface area contributed by atoms with Crippen molar-refractivity contribution in [2.45, 2.75) is 27.2 Å². The Bertz CT molecular complexity index is 945. The molecule has 144 valence electrons. The summed E-state index contributed by atoms with van der Waals surface area (Å²) in [5.74, 6) is -0.273.